The summed E-state index contributed by atoms with van der Waals surface area (Å²) in [6.07, 6.45) is -1.43. The van der Waals surface area contributed by atoms with Crippen molar-refractivity contribution in [3.8, 4) is 0 Å². The van der Waals surface area contributed by atoms with Gasteiger partial charge >= 0.3 is 6.18 Å². The number of rotatable bonds is 8. The van der Waals surface area contributed by atoms with Crippen LogP contribution in [0.2, 0.25) is 0 Å². The fourth-order valence-electron chi connectivity index (χ4n) is 3.62. The van der Waals surface area contributed by atoms with Gasteiger partial charge in [-0.3, -0.25) is 14.6 Å². The molecule has 2 aromatic carbocycles. The monoisotopic (exact) mass is 489 g/mol. The molecular formula is C25H26F3N3O2S. The van der Waals surface area contributed by atoms with E-state index in [1.807, 2.05) is 0 Å². The maximum absolute atomic E-state index is 13.3. The van der Waals surface area contributed by atoms with E-state index in [2.05, 4.69) is 15.6 Å². The van der Waals surface area contributed by atoms with E-state index in [0.29, 0.717) is 29.0 Å². The van der Waals surface area contributed by atoms with Crippen LogP contribution in [0.3, 0.4) is 0 Å². The highest BCUT2D eigenvalue weighted by atomic mass is 32.1. The topological polar surface area (TPSA) is 71.1 Å². The quantitative estimate of drug-likeness (QED) is 0.354. The SMILES string of the molecule is C.Cc1ccc(Nc2ccc(CNC(=O)C3(CC(=O)c4cncs4)CC3)cc2)c(C(F)(F)F)c1. The number of alkyl halides is 3. The highest BCUT2D eigenvalue weighted by Gasteiger charge is 2.51. The number of amides is 1. The predicted molar refractivity (Wildman–Crippen MR) is 127 cm³/mol. The Hall–Kier alpha value is -3.20. The lowest BCUT2D eigenvalue weighted by Crippen LogP contribution is -2.33. The second-order valence-corrected chi connectivity index (χ2v) is 9.18. The molecule has 9 heteroatoms. The Kier molecular flexibility index (Phi) is 7.45. The van der Waals surface area contributed by atoms with E-state index < -0.39 is 17.2 Å². The summed E-state index contributed by atoms with van der Waals surface area (Å²) in [5.41, 5.74) is 2.04. The number of thiazole rings is 1. The van der Waals surface area contributed by atoms with Crippen molar-refractivity contribution in [1.82, 2.24) is 10.3 Å². The van der Waals surface area contributed by atoms with E-state index >= 15 is 0 Å². The molecule has 1 amide bonds. The van der Waals surface area contributed by atoms with Crippen LogP contribution in [0.25, 0.3) is 0 Å². The van der Waals surface area contributed by atoms with Gasteiger partial charge in [0.1, 0.15) is 0 Å². The largest absolute Gasteiger partial charge is 0.418 e. The van der Waals surface area contributed by atoms with E-state index in [-0.39, 0.29) is 37.8 Å². The van der Waals surface area contributed by atoms with Crippen LogP contribution < -0.4 is 10.6 Å². The average Bonchev–Trinajstić information content (AvgIpc) is 3.33. The molecule has 0 spiro atoms. The first-order valence-corrected chi connectivity index (χ1v) is 11.3. The lowest BCUT2D eigenvalue weighted by atomic mass is 9.97. The van der Waals surface area contributed by atoms with Gasteiger partial charge in [-0.1, -0.05) is 31.2 Å². The van der Waals surface area contributed by atoms with Crippen molar-refractivity contribution >= 4 is 34.4 Å². The molecule has 5 nitrogen and oxygen atoms in total. The fraction of sp³-hybridized carbons (Fsp3) is 0.320. The minimum absolute atomic E-state index is 0. The van der Waals surface area contributed by atoms with Crippen molar-refractivity contribution in [2.24, 2.45) is 5.41 Å². The molecule has 0 unspecified atom stereocenters. The van der Waals surface area contributed by atoms with Crippen molar-refractivity contribution in [2.45, 2.75) is 46.3 Å². The molecule has 1 saturated carbocycles. The number of ketones is 1. The lowest BCUT2D eigenvalue weighted by Gasteiger charge is -2.16. The van der Waals surface area contributed by atoms with Gasteiger partial charge in [0.15, 0.2) is 5.78 Å². The zero-order valence-electron chi connectivity index (χ0n) is 17.8. The summed E-state index contributed by atoms with van der Waals surface area (Å²) in [6.45, 7) is 1.89. The summed E-state index contributed by atoms with van der Waals surface area (Å²) in [7, 11) is 0. The van der Waals surface area contributed by atoms with E-state index in [1.165, 1.54) is 23.6 Å². The van der Waals surface area contributed by atoms with Crippen molar-refractivity contribution < 1.29 is 22.8 Å². The molecule has 0 saturated heterocycles. The normalized spacial score (nSPS) is 14.1. The van der Waals surface area contributed by atoms with Gasteiger partial charge in [-0.05, 0) is 49.6 Å². The van der Waals surface area contributed by atoms with E-state index in [9.17, 15) is 22.8 Å². The molecule has 1 aliphatic carbocycles. The van der Waals surface area contributed by atoms with Crippen LogP contribution >= 0.6 is 11.3 Å². The first-order valence-electron chi connectivity index (χ1n) is 10.4. The van der Waals surface area contributed by atoms with Gasteiger partial charge in [-0.25, -0.2) is 0 Å². The summed E-state index contributed by atoms with van der Waals surface area (Å²) >= 11 is 1.27. The first kappa shape index (κ1) is 25.4. The summed E-state index contributed by atoms with van der Waals surface area (Å²) in [5.74, 6) is -0.230. The molecule has 1 aromatic heterocycles. The fourth-order valence-corrected chi connectivity index (χ4v) is 4.18. The zero-order valence-corrected chi connectivity index (χ0v) is 18.6. The van der Waals surface area contributed by atoms with Gasteiger partial charge in [0.25, 0.3) is 0 Å². The van der Waals surface area contributed by atoms with Gasteiger partial charge in [-0.15, -0.1) is 11.3 Å². The Balaban J connectivity index is 0.00000324. The molecule has 1 heterocycles. The van der Waals surface area contributed by atoms with Crippen LogP contribution in [0.15, 0.2) is 54.2 Å². The molecule has 0 aliphatic heterocycles. The molecular weight excluding hydrogens is 463 g/mol. The third-order valence-corrected chi connectivity index (χ3v) is 6.52. The Morgan fingerprint density at radius 3 is 2.41 bits per heavy atom. The van der Waals surface area contributed by atoms with Crippen LogP contribution in [-0.4, -0.2) is 16.7 Å². The number of aryl methyl sites for hydroxylation is 1. The highest BCUT2D eigenvalue weighted by Crippen LogP contribution is 2.49. The Morgan fingerprint density at radius 1 is 1.12 bits per heavy atom. The molecule has 4 rings (SSSR count). The third-order valence-electron chi connectivity index (χ3n) is 5.71. The number of anilines is 2. The average molecular weight is 490 g/mol. The smallest absolute Gasteiger partial charge is 0.355 e. The Bertz CT molecular complexity index is 1160. The minimum Gasteiger partial charge on any atom is -0.355 e. The van der Waals surface area contributed by atoms with Crippen LogP contribution in [0.4, 0.5) is 24.5 Å². The molecule has 1 fully saturated rings. The van der Waals surface area contributed by atoms with E-state index in [0.717, 1.165) is 11.6 Å². The lowest BCUT2D eigenvalue weighted by molar-refractivity contribution is -0.137. The van der Waals surface area contributed by atoms with Gasteiger partial charge < -0.3 is 10.6 Å². The standard InChI is InChI=1S/C24H22F3N3O2S.CH4/c1-15-2-7-19(18(10-15)24(25,26)27)30-17-5-3-16(4-6-17)12-29-22(32)23(8-9-23)11-20(31)21-13-28-14-33-21;/h2-7,10,13-14,30H,8-9,11-12H2,1H3,(H,29,32);1H4. The molecule has 34 heavy (non-hydrogen) atoms. The zero-order chi connectivity index (χ0) is 23.6. The summed E-state index contributed by atoms with van der Waals surface area (Å²) in [5, 5.41) is 5.70. The van der Waals surface area contributed by atoms with Crippen molar-refractivity contribution in [2.75, 3.05) is 5.32 Å². The molecule has 0 atom stereocenters. The Labute approximate surface area is 200 Å². The molecule has 1 aliphatic rings. The first-order chi connectivity index (χ1) is 15.7. The minimum atomic E-state index is -4.46. The van der Waals surface area contributed by atoms with E-state index in [4.69, 9.17) is 0 Å². The van der Waals surface area contributed by atoms with Gasteiger partial charge in [-0.2, -0.15) is 13.2 Å². The van der Waals surface area contributed by atoms with Crippen molar-refractivity contribution in [3.63, 3.8) is 0 Å². The molecule has 180 valence electrons. The number of carbonyl (C=O) groups excluding carboxylic acids is 2. The van der Waals surface area contributed by atoms with Gasteiger partial charge in [0.05, 0.1) is 27.1 Å². The second-order valence-electron chi connectivity index (χ2n) is 8.30. The van der Waals surface area contributed by atoms with Crippen molar-refractivity contribution in [3.05, 3.63) is 75.7 Å². The number of halogens is 3. The van der Waals surface area contributed by atoms with Crippen LogP contribution in [-0.2, 0) is 17.5 Å². The molecule has 3 aromatic rings. The van der Waals surface area contributed by atoms with Crippen LogP contribution in [0.1, 0.15) is 53.1 Å². The second kappa shape index (κ2) is 9.97. The number of nitrogens with zero attached hydrogens (tertiary/aromatic N) is 1. The number of benzene rings is 2. The number of hydrogen-bond donors (Lipinski definition) is 2. The van der Waals surface area contributed by atoms with Gasteiger partial charge in [0.2, 0.25) is 5.91 Å². The van der Waals surface area contributed by atoms with Gasteiger partial charge in [0, 0.05) is 24.8 Å². The summed E-state index contributed by atoms with van der Waals surface area (Å²) in [4.78, 5) is 29.5. The summed E-state index contributed by atoms with van der Waals surface area (Å²) in [6, 6.07) is 11.0. The number of aromatic nitrogens is 1. The maximum Gasteiger partial charge on any atom is 0.418 e. The summed E-state index contributed by atoms with van der Waals surface area (Å²) < 4.78 is 40.0. The number of nitrogens with one attached hydrogen (secondary N) is 2. The van der Waals surface area contributed by atoms with Crippen LogP contribution in [0, 0.1) is 12.3 Å². The molecule has 0 radical (unpaired) electrons. The maximum atomic E-state index is 13.3. The van der Waals surface area contributed by atoms with E-state index in [1.54, 1.807) is 42.8 Å². The number of Topliss-reactive ketones (excluding diaryl/α,β-unsaturated/α-hetero) is 1. The third kappa shape index (κ3) is 5.83. The van der Waals surface area contributed by atoms with Crippen molar-refractivity contribution in [1.29, 1.82) is 0 Å². The van der Waals surface area contributed by atoms with Crippen LogP contribution in [0.5, 0.6) is 0 Å². The highest BCUT2D eigenvalue weighted by molar-refractivity contribution is 7.11. The predicted octanol–water partition coefficient (Wildman–Crippen LogP) is 6.52. The number of hydrogen-bond acceptors (Lipinski definition) is 5. The number of carbonyl (C=O) groups is 2. The molecule has 2 N–H and O–H groups in total. The Morgan fingerprint density at radius 2 is 1.82 bits per heavy atom. The molecule has 0 bridgehead atoms.